The molecule has 5 heteroatoms. The summed E-state index contributed by atoms with van der Waals surface area (Å²) in [6.07, 6.45) is 3.21. The van der Waals surface area contributed by atoms with E-state index in [0.717, 1.165) is 15.0 Å². The van der Waals surface area contributed by atoms with E-state index < -0.39 is 0 Å². The predicted molar refractivity (Wildman–Crippen MR) is 58.1 cm³/mol. The first kappa shape index (κ1) is 9.12. The number of halogens is 2. The van der Waals surface area contributed by atoms with E-state index in [0.29, 0.717) is 5.15 Å². The molecular formula is C8H4BrClN2S. The Bertz CT molecular complexity index is 430. The average Bonchev–Trinajstić information content (AvgIpc) is 2.52. The maximum Gasteiger partial charge on any atom is 0.156 e. The Hall–Kier alpha value is -0.450. The first-order valence-electron chi connectivity index (χ1n) is 3.49. The second-order valence-electron chi connectivity index (χ2n) is 2.29. The van der Waals surface area contributed by atoms with E-state index in [2.05, 4.69) is 25.9 Å². The van der Waals surface area contributed by atoms with Crippen molar-refractivity contribution in [2.75, 3.05) is 0 Å². The van der Waals surface area contributed by atoms with E-state index in [-0.39, 0.29) is 0 Å². The molecule has 0 aliphatic heterocycles. The summed E-state index contributed by atoms with van der Waals surface area (Å²) in [4.78, 5) is 9.14. The Balaban J connectivity index is 2.59. The lowest BCUT2D eigenvalue weighted by molar-refractivity contribution is 1.21. The Morgan fingerprint density at radius 2 is 2.08 bits per heavy atom. The Labute approximate surface area is 92.7 Å². The fourth-order valence-electron chi connectivity index (χ4n) is 0.936. The molecule has 0 aliphatic carbocycles. The molecule has 66 valence electrons. The van der Waals surface area contributed by atoms with Crippen molar-refractivity contribution in [1.29, 1.82) is 0 Å². The molecule has 0 N–H and O–H groups in total. The summed E-state index contributed by atoms with van der Waals surface area (Å²) in [7, 11) is 0. The van der Waals surface area contributed by atoms with Crippen LogP contribution in [0.2, 0.25) is 5.15 Å². The lowest BCUT2D eigenvalue weighted by Crippen LogP contribution is -1.84. The third kappa shape index (κ3) is 1.75. The highest BCUT2D eigenvalue weighted by molar-refractivity contribution is 9.10. The Morgan fingerprint density at radius 3 is 2.69 bits per heavy atom. The van der Waals surface area contributed by atoms with Crippen LogP contribution in [-0.2, 0) is 0 Å². The van der Waals surface area contributed by atoms with Gasteiger partial charge in [-0.15, -0.1) is 11.3 Å². The number of rotatable bonds is 1. The summed E-state index contributed by atoms with van der Waals surface area (Å²) in [5, 5.41) is 2.41. The summed E-state index contributed by atoms with van der Waals surface area (Å²) in [5.74, 6) is 0. The van der Waals surface area contributed by atoms with Crippen molar-refractivity contribution in [2.24, 2.45) is 0 Å². The summed E-state index contributed by atoms with van der Waals surface area (Å²) >= 11 is 10.9. The maximum atomic E-state index is 5.90. The molecule has 2 aromatic rings. The van der Waals surface area contributed by atoms with Crippen LogP contribution in [0.15, 0.2) is 28.3 Å². The molecule has 0 unspecified atom stereocenters. The first-order chi connectivity index (χ1) is 6.29. The van der Waals surface area contributed by atoms with E-state index in [1.807, 2.05) is 11.4 Å². The molecule has 0 atom stereocenters. The van der Waals surface area contributed by atoms with E-state index in [4.69, 9.17) is 11.6 Å². The van der Waals surface area contributed by atoms with E-state index in [9.17, 15) is 0 Å². The van der Waals surface area contributed by atoms with Crippen molar-refractivity contribution >= 4 is 38.9 Å². The van der Waals surface area contributed by atoms with Crippen LogP contribution in [-0.4, -0.2) is 9.97 Å². The topological polar surface area (TPSA) is 25.8 Å². The summed E-state index contributed by atoms with van der Waals surface area (Å²) < 4.78 is 1.000. The van der Waals surface area contributed by atoms with Gasteiger partial charge in [-0.25, -0.2) is 4.98 Å². The van der Waals surface area contributed by atoms with Gasteiger partial charge >= 0.3 is 0 Å². The molecule has 0 aliphatic rings. The van der Waals surface area contributed by atoms with Gasteiger partial charge in [0.1, 0.15) is 5.69 Å². The summed E-state index contributed by atoms with van der Waals surface area (Å²) in [6, 6.07) is 1.96. The quantitative estimate of drug-likeness (QED) is 0.794. The van der Waals surface area contributed by atoms with Crippen molar-refractivity contribution in [3.05, 3.63) is 33.5 Å². The van der Waals surface area contributed by atoms with Crippen molar-refractivity contribution in [1.82, 2.24) is 9.97 Å². The van der Waals surface area contributed by atoms with Gasteiger partial charge in [-0.3, -0.25) is 4.98 Å². The van der Waals surface area contributed by atoms with Crippen LogP contribution in [0.1, 0.15) is 0 Å². The van der Waals surface area contributed by atoms with Crippen LogP contribution in [0.5, 0.6) is 0 Å². The zero-order valence-corrected chi connectivity index (χ0v) is 9.53. The zero-order valence-electron chi connectivity index (χ0n) is 6.37. The summed E-state index contributed by atoms with van der Waals surface area (Å²) in [6.45, 7) is 0. The van der Waals surface area contributed by atoms with Gasteiger partial charge in [-0.05, 0) is 27.4 Å². The van der Waals surface area contributed by atoms with E-state index in [1.165, 1.54) is 0 Å². The van der Waals surface area contributed by atoms with E-state index >= 15 is 0 Å². The number of hydrogen-bond donors (Lipinski definition) is 0. The average molecular weight is 276 g/mol. The molecule has 0 saturated heterocycles. The van der Waals surface area contributed by atoms with Crippen LogP contribution >= 0.6 is 38.9 Å². The van der Waals surface area contributed by atoms with Crippen LogP contribution in [0.3, 0.4) is 0 Å². The fraction of sp³-hybridized carbons (Fsp3) is 0. The smallest absolute Gasteiger partial charge is 0.156 e. The molecule has 2 nitrogen and oxygen atoms in total. The molecule has 2 rings (SSSR count). The lowest BCUT2D eigenvalue weighted by Gasteiger charge is -1.98. The molecule has 0 saturated carbocycles. The molecule has 0 amide bonds. The largest absolute Gasteiger partial charge is 0.250 e. The normalized spacial score (nSPS) is 10.3. The minimum atomic E-state index is 0.436. The summed E-state index contributed by atoms with van der Waals surface area (Å²) in [5.41, 5.74) is 0.728. The van der Waals surface area contributed by atoms with Crippen molar-refractivity contribution in [3.8, 4) is 10.6 Å². The van der Waals surface area contributed by atoms with Gasteiger partial charge in [-0.1, -0.05) is 11.6 Å². The Kier molecular flexibility index (Phi) is 2.62. The standard InChI is InChI=1S/C8H4BrClN2S/c9-5-1-4-13-7(5)6-8(10)12-3-2-11-6/h1-4H. The minimum absolute atomic E-state index is 0.436. The molecule has 0 spiro atoms. The first-order valence-corrected chi connectivity index (χ1v) is 5.54. The molecule has 0 aromatic carbocycles. The van der Waals surface area contributed by atoms with Gasteiger partial charge in [0.25, 0.3) is 0 Å². The molecule has 0 bridgehead atoms. The molecule has 0 fully saturated rings. The third-order valence-electron chi connectivity index (χ3n) is 1.49. The second kappa shape index (κ2) is 3.74. The second-order valence-corrected chi connectivity index (χ2v) is 4.42. The van der Waals surface area contributed by atoms with Crippen molar-refractivity contribution in [3.63, 3.8) is 0 Å². The van der Waals surface area contributed by atoms with Crippen molar-refractivity contribution in [2.45, 2.75) is 0 Å². The number of thiophene rings is 1. The van der Waals surface area contributed by atoms with Crippen molar-refractivity contribution < 1.29 is 0 Å². The van der Waals surface area contributed by atoms with Crippen LogP contribution in [0, 0.1) is 0 Å². The van der Waals surface area contributed by atoms with Gasteiger partial charge in [0.05, 0.1) is 4.88 Å². The van der Waals surface area contributed by atoms with Gasteiger partial charge in [0, 0.05) is 16.9 Å². The molecule has 2 heterocycles. The maximum absolute atomic E-state index is 5.90. The van der Waals surface area contributed by atoms with Gasteiger partial charge in [0.2, 0.25) is 0 Å². The minimum Gasteiger partial charge on any atom is -0.250 e. The highest BCUT2D eigenvalue weighted by Gasteiger charge is 2.09. The number of aromatic nitrogens is 2. The third-order valence-corrected chi connectivity index (χ3v) is 3.61. The molecular weight excluding hydrogens is 272 g/mol. The zero-order chi connectivity index (χ0) is 9.26. The monoisotopic (exact) mass is 274 g/mol. The van der Waals surface area contributed by atoms with Gasteiger partial charge in [0.15, 0.2) is 5.15 Å². The molecule has 2 aromatic heterocycles. The van der Waals surface area contributed by atoms with Crippen LogP contribution < -0.4 is 0 Å². The highest BCUT2D eigenvalue weighted by atomic mass is 79.9. The van der Waals surface area contributed by atoms with Gasteiger partial charge in [-0.2, -0.15) is 0 Å². The number of nitrogens with zero attached hydrogens (tertiary/aromatic N) is 2. The van der Waals surface area contributed by atoms with Crippen LogP contribution in [0.25, 0.3) is 10.6 Å². The van der Waals surface area contributed by atoms with Gasteiger partial charge < -0.3 is 0 Å². The SMILES string of the molecule is Clc1nccnc1-c1sccc1Br. The lowest BCUT2D eigenvalue weighted by atomic mass is 10.3. The highest BCUT2D eigenvalue weighted by Crippen LogP contribution is 2.34. The fourth-order valence-corrected chi connectivity index (χ4v) is 2.75. The number of hydrogen-bond acceptors (Lipinski definition) is 3. The van der Waals surface area contributed by atoms with E-state index in [1.54, 1.807) is 23.7 Å². The predicted octanol–water partition coefficient (Wildman–Crippen LogP) is 3.62. The Morgan fingerprint density at radius 1 is 1.31 bits per heavy atom. The molecule has 13 heavy (non-hydrogen) atoms. The van der Waals surface area contributed by atoms with Crippen LogP contribution in [0.4, 0.5) is 0 Å². The molecule has 0 radical (unpaired) electrons.